The smallest absolute Gasteiger partial charge is 0.278 e. The first-order valence-electron chi connectivity index (χ1n) is 8.01. The first-order valence-corrected chi connectivity index (χ1v) is 8.89. The quantitative estimate of drug-likeness (QED) is 0.521. The predicted molar refractivity (Wildman–Crippen MR) is 101 cm³/mol. The Morgan fingerprint density at radius 2 is 2.00 bits per heavy atom. The van der Waals surface area contributed by atoms with Gasteiger partial charge in [-0.2, -0.15) is 0 Å². The van der Waals surface area contributed by atoms with Gasteiger partial charge in [0.15, 0.2) is 0 Å². The van der Waals surface area contributed by atoms with Crippen LogP contribution in [0.25, 0.3) is 10.8 Å². The second-order valence-electron chi connectivity index (χ2n) is 7.00. The molecule has 25 heavy (non-hydrogen) atoms. The van der Waals surface area contributed by atoms with Crippen molar-refractivity contribution in [1.29, 1.82) is 0 Å². The maximum absolute atomic E-state index is 11.2. The zero-order valence-electron chi connectivity index (χ0n) is 14.6. The number of hydrogen-bond donors (Lipinski definition) is 1. The van der Waals surface area contributed by atoms with E-state index in [2.05, 4.69) is 36.5 Å². The van der Waals surface area contributed by atoms with Crippen LogP contribution < -0.4 is 5.32 Å². The number of aromatic nitrogens is 2. The molecule has 0 saturated heterocycles. The van der Waals surface area contributed by atoms with Gasteiger partial charge in [0.05, 0.1) is 22.0 Å². The standard InChI is InChI=1S/C18H20N4O2S/c1-11(17-21-16(10-25-17)18(2,3)4)20-14-5-6-15(22(23)24)13-9-19-8-7-12(13)14/h5-11,20H,1-4H3. The van der Waals surface area contributed by atoms with Gasteiger partial charge in [0, 0.05) is 40.3 Å². The fourth-order valence-corrected chi connectivity index (χ4v) is 3.64. The maximum Gasteiger partial charge on any atom is 0.278 e. The molecule has 0 aliphatic heterocycles. The maximum atomic E-state index is 11.2. The zero-order chi connectivity index (χ0) is 18.2. The van der Waals surface area contributed by atoms with Crippen LogP contribution in [0.4, 0.5) is 11.4 Å². The number of rotatable bonds is 4. The molecule has 3 rings (SSSR count). The van der Waals surface area contributed by atoms with Gasteiger partial charge in [0.1, 0.15) is 5.01 Å². The van der Waals surface area contributed by atoms with E-state index < -0.39 is 0 Å². The Labute approximate surface area is 150 Å². The number of benzene rings is 1. The molecule has 1 aromatic carbocycles. The Balaban J connectivity index is 1.94. The van der Waals surface area contributed by atoms with E-state index in [1.807, 2.05) is 6.92 Å². The molecular weight excluding hydrogens is 336 g/mol. The molecular formula is C18H20N4O2S. The minimum atomic E-state index is -0.381. The highest BCUT2D eigenvalue weighted by molar-refractivity contribution is 7.09. The Kier molecular flexibility index (Phi) is 4.43. The molecule has 7 heteroatoms. The average Bonchev–Trinajstić information content (AvgIpc) is 3.05. The Morgan fingerprint density at radius 1 is 1.24 bits per heavy atom. The number of hydrogen-bond acceptors (Lipinski definition) is 6. The summed E-state index contributed by atoms with van der Waals surface area (Å²) >= 11 is 1.62. The lowest BCUT2D eigenvalue weighted by molar-refractivity contribution is -0.383. The normalized spacial score (nSPS) is 13.0. The number of fused-ring (bicyclic) bond motifs is 1. The van der Waals surface area contributed by atoms with E-state index in [9.17, 15) is 10.1 Å². The molecule has 0 bridgehead atoms. The molecule has 6 nitrogen and oxygen atoms in total. The summed E-state index contributed by atoms with van der Waals surface area (Å²) in [4.78, 5) is 19.6. The van der Waals surface area contributed by atoms with Crippen LogP contribution >= 0.6 is 11.3 Å². The summed E-state index contributed by atoms with van der Waals surface area (Å²) < 4.78 is 0. The fourth-order valence-electron chi connectivity index (χ4n) is 2.59. The highest BCUT2D eigenvalue weighted by Crippen LogP contribution is 2.34. The number of pyridine rings is 1. The van der Waals surface area contributed by atoms with Gasteiger partial charge in [-0.1, -0.05) is 20.8 Å². The predicted octanol–water partition coefficient (Wildman–Crippen LogP) is 5.07. The summed E-state index contributed by atoms with van der Waals surface area (Å²) in [5.74, 6) is 0. The molecule has 0 radical (unpaired) electrons. The highest BCUT2D eigenvalue weighted by atomic mass is 32.1. The molecule has 0 aliphatic carbocycles. The fraction of sp³-hybridized carbons (Fsp3) is 0.333. The number of nitrogens with one attached hydrogen (secondary N) is 1. The summed E-state index contributed by atoms with van der Waals surface area (Å²) in [5.41, 5.74) is 1.98. The topological polar surface area (TPSA) is 81.0 Å². The molecule has 2 heterocycles. The second-order valence-corrected chi connectivity index (χ2v) is 7.89. The third-order valence-corrected chi connectivity index (χ3v) is 5.05. The third-order valence-electron chi connectivity index (χ3n) is 4.02. The minimum Gasteiger partial charge on any atom is -0.376 e. The largest absolute Gasteiger partial charge is 0.376 e. The van der Waals surface area contributed by atoms with Crippen molar-refractivity contribution in [3.8, 4) is 0 Å². The van der Waals surface area contributed by atoms with Crippen LogP contribution in [0.3, 0.4) is 0 Å². The van der Waals surface area contributed by atoms with E-state index in [4.69, 9.17) is 4.98 Å². The molecule has 1 atom stereocenters. The van der Waals surface area contributed by atoms with E-state index in [1.54, 1.807) is 29.7 Å². The highest BCUT2D eigenvalue weighted by Gasteiger charge is 2.20. The summed E-state index contributed by atoms with van der Waals surface area (Å²) in [6.45, 7) is 8.46. The molecule has 0 saturated carbocycles. The SMILES string of the molecule is CC(Nc1ccc([N+](=O)[O-])c2cnccc12)c1nc(C(C)(C)C)cs1. The summed E-state index contributed by atoms with van der Waals surface area (Å²) in [5, 5.41) is 19.0. The van der Waals surface area contributed by atoms with E-state index in [-0.39, 0.29) is 22.1 Å². The van der Waals surface area contributed by atoms with Gasteiger partial charge in [0.2, 0.25) is 0 Å². The Hall–Kier alpha value is -2.54. The van der Waals surface area contributed by atoms with Crippen molar-refractivity contribution >= 4 is 33.5 Å². The number of non-ortho nitro benzene ring substituents is 1. The van der Waals surface area contributed by atoms with Gasteiger partial charge in [-0.15, -0.1) is 11.3 Å². The lowest BCUT2D eigenvalue weighted by Gasteiger charge is -2.16. The van der Waals surface area contributed by atoms with Crippen LogP contribution in [0, 0.1) is 10.1 Å². The van der Waals surface area contributed by atoms with E-state index >= 15 is 0 Å². The molecule has 130 valence electrons. The van der Waals surface area contributed by atoms with Crippen molar-refractivity contribution in [3.63, 3.8) is 0 Å². The minimum absolute atomic E-state index is 0.000999. The van der Waals surface area contributed by atoms with Gasteiger partial charge in [-0.25, -0.2) is 4.98 Å². The Bertz CT molecular complexity index is 930. The monoisotopic (exact) mass is 356 g/mol. The van der Waals surface area contributed by atoms with Crippen LogP contribution in [-0.4, -0.2) is 14.9 Å². The summed E-state index contributed by atoms with van der Waals surface area (Å²) in [6, 6.07) is 5.05. The zero-order valence-corrected chi connectivity index (χ0v) is 15.4. The average molecular weight is 356 g/mol. The number of nitrogens with zero attached hydrogens (tertiary/aromatic N) is 3. The summed E-state index contributed by atoms with van der Waals surface area (Å²) in [6.07, 6.45) is 3.17. The van der Waals surface area contributed by atoms with Crippen molar-refractivity contribution in [2.75, 3.05) is 5.32 Å². The van der Waals surface area contributed by atoms with Crippen LogP contribution in [0.5, 0.6) is 0 Å². The lowest BCUT2D eigenvalue weighted by atomic mass is 9.93. The first kappa shape index (κ1) is 17.3. The number of thiazole rings is 1. The molecule has 0 amide bonds. The van der Waals surface area contributed by atoms with Crippen molar-refractivity contribution in [1.82, 2.24) is 9.97 Å². The summed E-state index contributed by atoms with van der Waals surface area (Å²) in [7, 11) is 0. The van der Waals surface area contributed by atoms with Gasteiger partial charge >= 0.3 is 0 Å². The van der Waals surface area contributed by atoms with Crippen molar-refractivity contribution in [2.45, 2.75) is 39.2 Å². The molecule has 1 unspecified atom stereocenters. The lowest BCUT2D eigenvalue weighted by Crippen LogP contribution is -2.13. The molecule has 0 aliphatic rings. The molecule has 0 fully saturated rings. The molecule has 3 aromatic rings. The van der Waals surface area contributed by atoms with Crippen LogP contribution in [-0.2, 0) is 5.41 Å². The third kappa shape index (κ3) is 3.46. The van der Waals surface area contributed by atoms with Crippen LogP contribution in [0.2, 0.25) is 0 Å². The number of nitro benzene ring substituents is 1. The molecule has 1 N–H and O–H groups in total. The van der Waals surface area contributed by atoms with Crippen LogP contribution in [0.15, 0.2) is 36.0 Å². The van der Waals surface area contributed by atoms with Crippen molar-refractivity contribution < 1.29 is 4.92 Å². The number of anilines is 1. The van der Waals surface area contributed by atoms with E-state index in [0.717, 1.165) is 21.8 Å². The molecule has 2 aromatic heterocycles. The molecule has 0 spiro atoms. The van der Waals surface area contributed by atoms with Crippen molar-refractivity contribution in [3.05, 3.63) is 56.8 Å². The van der Waals surface area contributed by atoms with E-state index in [0.29, 0.717) is 5.39 Å². The van der Waals surface area contributed by atoms with E-state index in [1.165, 1.54) is 12.3 Å². The van der Waals surface area contributed by atoms with Gasteiger partial charge in [-0.3, -0.25) is 15.1 Å². The van der Waals surface area contributed by atoms with Gasteiger partial charge < -0.3 is 5.32 Å². The van der Waals surface area contributed by atoms with Gasteiger partial charge in [-0.05, 0) is 19.1 Å². The first-order chi connectivity index (χ1) is 11.8. The van der Waals surface area contributed by atoms with Crippen LogP contribution in [0.1, 0.15) is 44.4 Å². The van der Waals surface area contributed by atoms with Crippen molar-refractivity contribution in [2.24, 2.45) is 0 Å². The second kappa shape index (κ2) is 6.40. The Morgan fingerprint density at radius 3 is 2.64 bits per heavy atom. The number of nitro groups is 1. The van der Waals surface area contributed by atoms with Gasteiger partial charge in [0.25, 0.3) is 5.69 Å².